The minimum Gasteiger partial charge on any atom is -0.480 e. The molecule has 1 atom stereocenters. The molecule has 2 aliphatic heterocycles. The Morgan fingerprint density at radius 1 is 1.42 bits per heavy atom. The number of aliphatic carboxylic acids is 1. The number of aryl methyl sites for hydroxylation is 1. The number of ether oxygens (including phenoxy) is 2. The summed E-state index contributed by atoms with van der Waals surface area (Å²) >= 11 is 3.47. The predicted octanol–water partition coefficient (Wildman–Crippen LogP) is 1.55. The molecule has 1 aromatic carbocycles. The van der Waals surface area contributed by atoms with Crippen LogP contribution in [-0.4, -0.2) is 43.6 Å². The summed E-state index contributed by atoms with van der Waals surface area (Å²) in [7, 11) is 0. The Morgan fingerprint density at radius 2 is 2.25 bits per heavy atom. The average Bonchev–Trinajstić information content (AvgIpc) is 3.14. The number of halogens is 1. The highest BCUT2D eigenvalue weighted by Gasteiger charge is 2.33. The molecule has 2 aromatic rings. The summed E-state index contributed by atoms with van der Waals surface area (Å²) in [6.07, 6.45) is 0. The van der Waals surface area contributed by atoms with E-state index in [1.54, 1.807) is 0 Å². The molecule has 0 saturated heterocycles. The number of hydrogen-bond acceptors (Lipinski definition) is 6. The van der Waals surface area contributed by atoms with Gasteiger partial charge >= 0.3 is 5.97 Å². The number of hydrogen-bond donors (Lipinski definition) is 1. The maximum absolute atomic E-state index is 11.7. The molecule has 1 N–H and O–H groups in total. The summed E-state index contributed by atoms with van der Waals surface area (Å²) in [4.78, 5) is 13.6. The van der Waals surface area contributed by atoms with Crippen LogP contribution in [0.25, 0.3) is 0 Å². The van der Waals surface area contributed by atoms with Crippen molar-refractivity contribution < 1.29 is 19.4 Å². The fourth-order valence-corrected chi connectivity index (χ4v) is 3.71. The van der Waals surface area contributed by atoms with Crippen LogP contribution in [0.1, 0.15) is 17.2 Å². The lowest BCUT2D eigenvalue weighted by molar-refractivity contribution is -0.145. The Morgan fingerprint density at radius 3 is 3.04 bits per heavy atom. The smallest absolute Gasteiger partial charge is 0.322 e. The second-order valence-corrected chi connectivity index (χ2v) is 6.70. The van der Waals surface area contributed by atoms with Crippen molar-refractivity contribution >= 4 is 21.9 Å². The van der Waals surface area contributed by atoms with Crippen molar-refractivity contribution in [3.05, 3.63) is 33.8 Å². The fraction of sp³-hybridized carbons (Fsp3) is 0.400. The first-order chi connectivity index (χ1) is 11.5. The molecule has 24 heavy (non-hydrogen) atoms. The molecular weight excluding hydrogens is 380 g/mol. The van der Waals surface area contributed by atoms with Gasteiger partial charge in [-0.25, -0.2) is 0 Å². The molecule has 9 heteroatoms. The van der Waals surface area contributed by atoms with E-state index in [9.17, 15) is 9.90 Å². The summed E-state index contributed by atoms with van der Waals surface area (Å²) in [5, 5.41) is 17.8. The summed E-state index contributed by atoms with van der Waals surface area (Å²) in [5.74, 6) is 2.02. The van der Waals surface area contributed by atoms with Gasteiger partial charge in [-0.15, -0.1) is 10.2 Å². The van der Waals surface area contributed by atoms with Crippen LogP contribution in [0, 0.1) is 6.92 Å². The number of benzene rings is 1. The first-order valence-corrected chi connectivity index (χ1v) is 8.26. The summed E-state index contributed by atoms with van der Waals surface area (Å²) in [6.45, 7) is 3.28. The summed E-state index contributed by atoms with van der Waals surface area (Å²) in [6, 6.07) is 3.18. The van der Waals surface area contributed by atoms with Crippen molar-refractivity contribution in [3.8, 4) is 11.5 Å². The second-order valence-electron chi connectivity index (χ2n) is 5.84. The van der Waals surface area contributed by atoms with Gasteiger partial charge in [0.15, 0.2) is 11.5 Å². The van der Waals surface area contributed by atoms with Crippen LogP contribution in [0.5, 0.6) is 11.5 Å². The van der Waals surface area contributed by atoms with Gasteiger partial charge in [0.1, 0.15) is 17.7 Å². The Kier molecular flexibility index (Phi) is 3.69. The highest BCUT2D eigenvalue weighted by Crippen LogP contribution is 2.40. The highest BCUT2D eigenvalue weighted by atomic mass is 79.9. The molecule has 0 spiro atoms. The van der Waals surface area contributed by atoms with Crippen LogP contribution >= 0.6 is 15.9 Å². The largest absolute Gasteiger partial charge is 0.480 e. The third kappa shape index (κ3) is 2.53. The van der Waals surface area contributed by atoms with E-state index in [0.717, 1.165) is 21.7 Å². The van der Waals surface area contributed by atoms with Gasteiger partial charge in [0.2, 0.25) is 6.79 Å². The number of nitrogens with zero attached hydrogens (tertiary/aromatic N) is 4. The molecule has 0 fully saturated rings. The SMILES string of the molecule is Cc1nnc2n1CC(C(=O)O)N(Cc1cc(Br)c3c(c1)OCO3)C2. The number of aromatic nitrogens is 3. The van der Waals surface area contributed by atoms with Crippen molar-refractivity contribution in [1.29, 1.82) is 0 Å². The van der Waals surface area contributed by atoms with Gasteiger partial charge in [-0.2, -0.15) is 0 Å². The minimum atomic E-state index is -0.853. The van der Waals surface area contributed by atoms with Gasteiger partial charge in [-0.1, -0.05) is 0 Å². The van der Waals surface area contributed by atoms with E-state index in [-0.39, 0.29) is 6.79 Å². The Balaban J connectivity index is 1.63. The van der Waals surface area contributed by atoms with Gasteiger partial charge in [0, 0.05) is 6.54 Å². The number of rotatable bonds is 3. The zero-order valence-corrected chi connectivity index (χ0v) is 14.5. The van der Waals surface area contributed by atoms with Crippen molar-refractivity contribution in [2.75, 3.05) is 6.79 Å². The van der Waals surface area contributed by atoms with Crippen molar-refractivity contribution in [1.82, 2.24) is 19.7 Å². The molecule has 126 valence electrons. The van der Waals surface area contributed by atoms with E-state index in [1.165, 1.54) is 0 Å². The number of carboxylic acids is 1. The molecule has 3 heterocycles. The lowest BCUT2D eigenvalue weighted by Gasteiger charge is -2.33. The molecule has 0 bridgehead atoms. The van der Waals surface area contributed by atoms with Gasteiger partial charge < -0.3 is 19.1 Å². The van der Waals surface area contributed by atoms with E-state index >= 15 is 0 Å². The molecule has 4 rings (SSSR count). The normalized spacial score (nSPS) is 19.3. The molecule has 1 aromatic heterocycles. The molecule has 0 aliphatic carbocycles. The first-order valence-electron chi connectivity index (χ1n) is 7.46. The zero-order valence-electron chi connectivity index (χ0n) is 12.9. The van der Waals surface area contributed by atoms with Crippen molar-refractivity contribution in [2.45, 2.75) is 32.6 Å². The number of carbonyl (C=O) groups is 1. The standard InChI is InChI=1S/C15H15BrN4O4/c1-8-17-18-13-6-19(11(15(21)22)5-20(8)13)4-9-2-10(16)14-12(3-9)23-7-24-14/h2-3,11H,4-7H2,1H3,(H,21,22). The first kappa shape index (κ1) is 15.4. The zero-order chi connectivity index (χ0) is 16.8. The lowest BCUT2D eigenvalue weighted by Crippen LogP contribution is -2.47. The quantitative estimate of drug-likeness (QED) is 0.844. The third-order valence-electron chi connectivity index (χ3n) is 4.31. The monoisotopic (exact) mass is 394 g/mol. The summed E-state index contributed by atoms with van der Waals surface area (Å²) in [5.41, 5.74) is 0.946. The maximum Gasteiger partial charge on any atom is 0.322 e. The predicted molar refractivity (Wildman–Crippen MR) is 85.7 cm³/mol. The second kappa shape index (κ2) is 5.75. The topological polar surface area (TPSA) is 89.7 Å². The van der Waals surface area contributed by atoms with Gasteiger partial charge in [0.05, 0.1) is 17.6 Å². The molecule has 8 nitrogen and oxygen atoms in total. The van der Waals surface area contributed by atoms with Crippen LogP contribution in [-0.2, 0) is 24.4 Å². The van der Waals surface area contributed by atoms with Gasteiger partial charge in [-0.3, -0.25) is 9.69 Å². The Labute approximate surface area is 146 Å². The van der Waals surface area contributed by atoms with Gasteiger partial charge in [-0.05, 0) is 40.5 Å². The third-order valence-corrected chi connectivity index (χ3v) is 4.90. The van der Waals surface area contributed by atoms with Crippen molar-refractivity contribution in [3.63, 3.8) is 0 Å². The van der Waals surface area contributed by atoms with E-state index in [1.807, 2.05) is 28.5 Å². The van der Waals surface area contributed by atoms with Crippen LogP contribution in [0.2, 0.25) is 0 Å². The summed E-state index contributed by atoms with van der Waals surface area (Å²) < 4.78 is 13.5. The van der Waals surface area contributed by atoms with Crippen LogP contribution in [0.4, 0.5) is 0 Å². The van der Waals surface area contributed by atoms with Crippen LogP contribution in [0.15, 0.2) is 16.6 Å². The van der Waals surface area contributed by atoms with Crippen LogP contribution in [0.3, 0.4) is 0 Å². The molecule has 1 unspecified atom stereocenters. The molecular formula is C15H15BrN4O4. The number of carboxylic acid groups (broad SMARTS) is 1. The molecule has 0 amide bonds. The molecule has 0 radical (unpaired) electrons. The highest BCUT2D eigenvalue weighted by molar-refractivity contribution is 9.10. The number of fused-ring (bicyclic) bond motifs is 2. The molecule has 2 aliphatic rings. The Hall–Kier alpha value is -2.13. The van der Waals surface area contributed by atoms with Gasteiger partial charge in [0.25, 0.3) is 0 Å². The van der Waals surface area contributed by atoms with Crippen LogP contribution < -0.4 is 9.47 Å². The maximum atomic E-state index is 11.7. The van der Waals surface area contributed by atoms with E-state index in [0.29, 0.717) is 31.1 Å². The van der Waals surface area contributed by atoms with E-state index < -0.39 is 12.0 Å². The minimum absolute atomic E-state index is 0.196. The van der Waals surface area contributed by atoms with Crippen molar-refractivity contribution in [2.24, 2.45) is 0 Å². The lowest BCUT2D eigenvalue weighted by atomic mass is 10.1. The van der Waals surface area contributed by atoms with E-state index in [2.05, 4.69) is 26.1 Å². The fourth-order valence-electron chi connectivity index (χ4n) is 3.11. The molecule has 0 saturated carbocycles. The Bertz CT molecular complexity index is 822. The van der Waals surface area contributed by atoms with E-state index in [4.69, 9.17) is 9.47 Å². The average molecular weight is 395 g/mol.